The highest BCUT2D eigenvalue weighted by Gasteiger charge is 2.20. The van der Waals surface area contributed by atoms with Crippen LogP contribution in [0.5, 0.6) is 5.75 Å². The van der Waals surface area contributed by atoms with Gasteiger partial charge in [0.1, 0.15) is 17.3 Å². The molecule has 0 saturated carbocycles. The second kappa shape index (κ2) is 6.73. The lowest BCUT2D eigenvalue weighted by atomic mass is 10.2. The van der Waals surface area contributed by atoms with Gasteiger partial charge in [0.05, 0.1) is 16.4 Å². The lowest BCUT2D eigenvalue weighted by molar-refractivity contribution is -0.118. The number of amides is 2. The van der Waals surface area contributed by atoms with Crippen molar-refractivity contribution < 1.29 is 18.7 Å². The summed E-state index contributed by atoms with van der Waals surface area (Å²) in [6, 6.07) is 10.6. The van der Waals surface area contributed by atoms with Crippen LogP contribution in [0.15, 0.2) is 48.7 Å². The molecular weight excluding hydrogens is 375 g/mol. The Balaban J connectivity index is 1.57. The number of nitrogens with one attached hydrogen (secondary N) is 2. The Morgan fingerprint density at radius 3 is 2.93 bits per heavy atom. The molecule has 2 N–H and O–H groups in total. The van der Waals surface area contributed by atoms with Crippen molar-refractivity contribution in [3.8, 4) is 11.4 Å². The molecule has 0 radical (unpaired) electrons. The van der Waals surface area contributed by atoms with Crippen LogP contribution in [0.25, 0.3) is 5.69 Å². The molecule has 2 amide bonds. The van der Waals surface area contributed by atoms with Crippen molar-refractivity contribution in [3.63, 3.8) is 0 Å². The predicted octanol–water partition coefficient (Wildman–Crippen LogP) is 3.25. The first-order chi connectivity index (χ1) is 13.0. The summed E-state index contributed by atoms with van der Waals surface area (Å²) in [6.45, 7) is -0.116. The van der Waals surface area contributed by atoms with Gasteiger partial charge < -0.3 is 15.4 Å². The van der Waals surface area contributed by atoms with E-state index in [0.717, 1.165) is 0 Å². The van der Waals surface area contributed by atoms with Gasteiger partial charge in [-0.25, -0.2) is 9.07 Å². The van der Waals surface area contributed by atoms with Gasteiger partial charge in [-0.2, -0.15) is 5.10 Å². The van der Waals surface area contributed by atoms with Crippen molar-refractivity contribution in [2.75, 3.05) is 17.2 Å². The Bertz CT molecular complexity index is 1070. The molecule has 3 aromatic rings. The molecule has 0 spiro atoms. The maximum absolute atomic E-state index is 13.9. The van der Waals surface area contributed by atoms with Crippen LogP contribution >= 0.6 is 11.6 Å². The van der Waals surface area contributed by atoms with E-state index < -0.39 is 11.7 Å². The molecular formula is C18H12ClFN4O3. The zero-order valence-corrected chi connectivity index (χ0v) is 14.5. The molecule has 0 saturated heterocycles. The van der Waals surface area contributed by atoms with Gasteiger partial charge in [0.15, 0.2) is 12.3 Å². The minimum absolute atomic E-state index is 0.0845. The molecule has 2 aromatic carbocycles. The molecule has 136 valence electrons. The highest BCUT2D eigenvalue weighted by molar-refractivity contribution is 6.34. The van der Waals surface area contributed by atoms with E-state index in [0.29, 0.717) is 17.1 Å². The van der Waals surface area contributed by atoms with Gasteiger partial charge in [-0.15, -0.1) is 0 Å². The van der Waals surface area contributed by atoms with Crippen LogP contribution in [-0.4, -0.2) is 28.2 Å². The SMILES string of the molecule is O=C1COc2cc(NC(=O)c3ccn(-c4ccccc4F)n3)c(Cl)cc2N1. The van der Waals surface area contributed by atoms with Crippen molar-refractivity contribution in [3.05, 3.63) is 65.2 Å². The summed E-state index contributed by atoms with van der Waals surface area (Å²) >= 11 is 6.17. The third kappa shape index (κ3) is 3.34. The van der Waals surface area contributed by atoms with Crippen LogP contribution in [-0.2, 0) is 4.79 Å². The first-order valence-electron chi connectivity index (χ1n) is 7.89. The number of fused-ring (bicyclic) bond motifs is 1. The maximum atomic E-state index is 13.9. The van der Waals surface area contributed by atoms with E-state index >= 15 is 0 Å². The number of carbonyl (C=O) groups excluding carboxylic acids is 2. The Morgan fingerprint density at radius 2 is 2.11 bits per heavy atom. The normalized spacial score (nSPS) is 12.7. The highest BCUT2D eigenvalue weighted by Crippen LogP contribution is 2.36. The summed E-state index contributed by atoms with van der Waals surface area (Å²) in [5.41, 5.74) is 1.05. The van der Waals surface area contributed by atoms with Crippen molar-refractivity contribution in [2.24, 2.45) is 0 Å². The van der Waals surface area contributed by atoms with Crippen molar-refractivity contribution in [1.82, 2.24) is 9.78 Å². The van der Waals surface area contributed by atoms with Crippen molar-refractivity contribution >= 4 is 34.8 Å². The largest absolute Gasteiger partial charge is 0.482 e. The average molecular weight is 387 g/mol. The molecule has 0 fully saturated rings. The zero-order chi connectivity index (χ0) is 19.0. The molecule has 4 rings (SSSR count). The molecule has 2 heterocycles. The fraction of sp³-hybridized carbons (Fsp3) is 0.0556. The van der Waals surface area contributed by atoms with E-state index in [1.165, 1.54) is 35.1 Å². The maximum Gasteiger partial charge on any atom is 0.276 e. The van der Waals surface area contributed by atoms with Gasteiger partial charge in [-0.05, 0) is 24.3 Å². The summed E-state index contributed by atoms with van der Waals surface area (Å²) in [7, 11) is 0. The third-order valence-corrected chi connectivity index (χ3v) is 4.18. The molecule has 27 heavy (non-hydrogen) atoms. The van der Waals surface area contributed by atoms with Crippen LogP contribution in [0.3, 0.4) is 0 Å². The Labute approximate surface area is 157 Å². The van der Waals surface area contributed by atoms with Gasteiger partial charge in [0.25, 0.3) is 11.8 Å². The number of rotatable bonds is 3. The summed E-state index contributed by atoms with van der Waals surface area (Å²) in [5, 5.41) is 9.58. The van der Waals surface area contributed by atoms with E-state index in [9.17, 15) is 14.0 Å². The van der Waals surface area contributed by atoms with E-state index in [4.69, 9.17) is 16.3 Å². The van der Waals surface area contributed by atoms with Gasteiger partial charge in [0.2, 0.25) is 0 Å². The minimum Gasteiger partial charge on any atom is -0.482 e. The number of hydrogen-bond acceptors (Lipinski definition) is 4. The number of ether oxygens (including phenoxy) is 1. The molecule has 7 nitrogen and oxygen atoms in total. The molecule has 9 heteroatoms. The van der Waals surface area contributed by atoms with Crippen molar-refractivity contribution in [1.29, 1.82) is 0 Å². The number of hydrogen-bond donors (Lipinski definition) is 2. The molecule has 1 aliphatic heterocycles. The second-order valence-electron chi connectivity index (χ2n) is 5.72. The summed E-state index contributed by atoms with van der Waals surface area (Å²) in [4.78, 5) is 23.8. The molecule has 1 aromatic heterocycles. The van der Waals surface area contributed by atoms with E-state index in [1.54, 1.807) is 18.2 Å². The molecule has 0 unspecified atom stereocenters. The molecule has 0 bridgehead atoms. The Morgan fingerprint density at radius 1 is 1.30 bits per heavy atom. The number of halogens is 2. The standard InChI is InChI=1S/C18H12ClFN4O3/c19-10-7-14-16(27-9-17(25)21-14)8-13(10)22-18(26)12-5-6-24(23-12)15-4-2-1-3-11(15)20/h1-8H,9H2,(H,21,25)(H,22,26). The average Bonchev–Trinajstić information content (AvgIpc) is 3.13. The first-order valence-corrected chi connectivity index (χ1v) is 8.27. The van der Waals surface area contributed by atoms with E-state index in [2.05, 4.69) is 15.7 Å². The Hall–Kier alpha value is -3.39. The third-order valence-electron chi connectivity index (χ3n) is 3.87. The van der Waals surface area contributed by atoms with Gasteiger partial charge in [-0.1, -0.05) is 23.7 Å². The van der Waals surface area contributed by atoms with Crippen LogP contribution in [0.2, 0.25) is 5.02 Å². The van der Waals surface area contributed by atoms with Gasteiger partial charge in [-0.3, -0.25) is 9.59 Å². The Kier molecular flexibility index (Phi) is 4.25. The number of aromatic nitrogens is 2. The molecule has 1 aliphatic rings. The fourth-order valence-corrected chi connectivity index (χ4v) is 2.81. The van der Waals surface area contributed by atoms with Crippen molar-refractivity contribution in [2.45, 2.75) is 0 Å². The topological polar surface area (TPSA) is 85.2 Å². The van der Waals surface area contributed by atoms with Crippen LogP contribution in [0, 0.1) is 5.82 Å². The minimum atomic E-state index is -0.521. The number of benzene rings is 2. The monoisotopic (exact) mass is 386 g/mol. The number of para-hydroxylation sites is 1. The summed E-state index contributed by atoms with van der Waals surface area (Å²) in [6.07, 6.45) is 1.49. The lowest BCUT2D eigenvalue weighted by Gasteiger charge is -2.19. The number of anilines is 2. The van der Waals surface area contributed by atoms with Crippen LogP contribution in [0.4, 0.5) is 15.8 Å². The quantitative estimate of drug-likeness (QED) is 0.723. The van der Waals surface area contributed by atoms with Crippen LogP contribution < -0.4 is 15.4 Å². The van der Waals surface area contributed by atoms with E-state index in [1.807, 2.05) is 0 Å². The fourth-order valence-electron chi connectivity index (χ4n) is 2.60. The van der Waals surface area contributed by atoms with E-state index in [-0.39, 0.29) is 28.9 Å². The first kappa shape index (κ1) is 17.0. The summed E-state index contributed by atoms with van der Waals surface area (Å²) < 4.78 is 20.4. The highest BCUT2D eigenvalue weighted by atomic mass is 35.5. The van der Waals surface area contributed by atoms with Crippen LogP contribution in [0.1, 0.15) is 10.5 Å². The van der Waals surface area contributed by atoms with Gasteiger partial charge in [0, 0.05) is 12.3 Å². The molecule has 0 atom stereocenters. The van der Waals surface area contributed by atoms with Gasteiger partial charge >= 0.3 is 0 Å². The number of nitrogens with zero attached hydrogens (tertiary/aromatic N) is 2. The predicted molar refractivity (Wildman–Crippen MR) is 97.1 cm³/mol. The summed E-state index contributed by atoms with van der Waals surface area (Å²) in [5.74, 6) is -0.864. The smallest absolute Gasteiger partial charge is 0.276 e. The zero-order valence-electron chi connectivity index (χ0n) is 13.7. The number of carbonyl (C=O) groups is 2. The second-order valence-corrected chi connectivity index (χ2v) is 6.12. The lowest BCUT2D eigenvalue weighted by Crippen LogP contribution is -2.25. The molecule has 0 aliphatic carbocycles.